The predicted molar refractivity (Wildman–Crippen MR) is 109 cm³/mol. The van der Waals surface area contributed by atoms with Crippen LogP contribution < -0.4 is 4.74 Å². The molecule has 162 valence electrons. The van der Waals surface area contributed by atoms with E-state index in [2.05, 4.69) is 0 Å². The van der Waals surface area contributed by atoms with E-state index in [0.29, 0.717) is 5.56 Å². The van der Waals surface area contributed by atoms with Crippen molar-refractivity contribution < 1.29 is 28.1 Å². The average Bonchev–Trinajstić information content (AvgIpc) is 2.67. The molecule has 0 saturated carbocycles. The average molecular weight is 412 g/mol. The van der Waals surface area contributed by atoms with Crippen LogP contribution in [0.2, 0.25) is 0 Å². The molecule has 0 aliphatic rings. The van der Waals surface area contributed by atoms with Crippen molar-refractivity contribution in [1.82, 2.24) is 0 Å². The van der Waals surface area contributed by atoms with Gasteiger partial charge < -0.3 is 14.9 Å². The molecule has 0 aliphatic carbocycles. The Morgan fingerprint density at radius 3 is 1.41 bits per heavy atom. The molecule has 29 heavy (non-hydrogen) atoms. The summed E-state index contributed by atoms with van der Waals surface area (Å²) < 4.78 is 44.3. The normalized spacial score (nSPS) is 11.7. The van der Waals surface area contributed by atoms with E-state index in [1.54, 1.807) is 6.07 Å². The molecule has 0 heterocycles. The first-order chi connectivity index (χ1) is 13.3. The number of methoxy groups -OCH3 is 1. The minimum Gasteiger partial charge on any atom is -0.503 e. The summed E-state index contributed by atoms with van der Waals surface area (Å²) in [5, 5.41) is 18.3. The van der Waals surface area contributed by atoms with Gasteiger partial charge in [0.05, 0.1) is 7.11 Å². The summed E-state index contributed by atoms with van der Waals surface area (Å²) in [6.07, 6.45) is 1.66. The van der Waals surface area contributed by atoms with Crippen molar-refractivity contribution in [3.8, 4) is 17.2 Å². The van der Waals surface area contributed by atoms with Crippen LogP contribution in [0.3, 0.4) is 0 Å². The Morgan fingerprint density at radius 1 is 0.724 bits per heavy atom. The van der Waals surface area contributed by atoms with Crippen molar-refractivity contribution in [3.63, 3.8) is 0 Å². The van der Waals surface area contributed by atoms with Gasteiger partial charge in [0.1, 0.15) is 0 Å². The highest BCUT2D eigenvalue weighted by molar-refractivity contribution is 5.45. The third-order valence-corrected chi connectivity index (χ3v) is 5.60. The molecule has 2 aromatic carbocycles. The molecule has 0 fully saturated rings. The van der Waals surface area contributed by atoms with Crippen LogP contribution in [0.15, 0.2) is 24.3 Å². The van der Waals surface area contributed by atoms with Crippen molar-refractivity contribution in [2.24, 2.45) is 0 Å². The largest absolute Gasteiger partial charge is 0.503 e. The summed E-state index contributed by atoms with van der Waals surface area (Å²) in [5.41, 5.74) is 0.988. The maximum absolute atomic E-state index is 13.4. The minimum absolute atomic E-state index is 0.123. The molecule has 3 nitrogen and oxygen atoms in total. The summed E-state index contributed by atoms with van der Waals surface area (Å²) >= 11 is 0. The van der Waals surface area contributed by atoms with Gasteiger partial charge in [0.2, 0.25) is 0 Å². The number of hydrogen-bond donors (Lipinski definition) is 2. The van der Waals surface area contributed by atoms with Crippen LogP contribution in [0.1, 0.15) is 65.5 Å². The first-order valence-electron chi connectivity index (χ1n) is 9.56. The van der Waals surface area contributed by atoms with Gasteiger partial charge in [0, 0.05) is 0 Å². The second-order valence-electron chi connectivity index (χ2n) is 8.27. The lowest BCUT2D eigenvalue weighted by atomic mass is 9.82. The van der Waals surface area contributed by atoms with E-state index in [1.807, 2.05) is 41.5 Å². The smallest absolute Gasteiger partial charge is 0.194 e. The molecule has 0 amide bonds. The Hall–Kier alpha value is -2.37. The van der Waals surface area contributed by atoms with Crippen LogP contribution in [-0.4, -0.2) is 17.3 Å². The van der Waals surface area contributed by atoms with Gasteiger partial charge in [-0.05, 0) is 59.1 Å². The lowest BCUT2D eigenvalue weighted by molar-refractivity contribution is 0.353. The molecular formula is C23H31F3O3. The van der Waals surface area contributed by atoms with Gasteiger partial charge in [0.25, 0.3) is 0 Å². The Kier molecular flexibility index (Phi) is 8.01. The van der Waals surface area contributed by atoms with Crippen molar-refractivity contribution in [1.29, 1.82) is 0 Å². The number of benzene rings is 2. The topological polar surface area (TPSA) is 49.7 Å². The summed E-state index contributed by atoms with van der Waals surface area (Å²) in [5.74, 6) is -3.57. The number of aromatic hydroxyl groups is 2. The third kappa shape index (κ3) is 5.81. The van der Waals surface area contributed by atoms with Gasteiger partial charge in [-0.1, -0.05) is 41.5 Å². The second-order valence-corrected chi connectivity index (χ2v) is 8.27. The molecule has 0 radical (unpaired) electrons. The number of ether oxygens (including phenoxy) is 1. The van der Waals surface area contributed by atoms with Gasteiger partial charge >= 0.3 is 0 Å². The zero-order chi connectivity index (χ0) is 22.6. The highest BCUT2D eigenvalue weighted by atomic mass is 19.1. The van der Waals surface area contributed by atoms with Crippen molar-refractivity contribution in [3.05, 3.63) is 52.8 Å². The Balaban J connectivity index is 0.000000291. The highest BCUT2D eigenvalue weighted by Crippen LogP contribution is 2.36. The lowest BCUT2D eigenvalue weighted by Gasteiger charge is -2.24. The van der Waals surface area contributed by atoms with E-state index in [9.17, 15) is 18.3 Å². The molecular weight excluding hydrogens is 381 g/mol. The van der Waals surface area contributed by atoms with Crippen molar-refractivity contribution >= 4 is 0 Å². The number of phenolic OH excluding ortho intramolecular Hbond substituents is 2. The quantitative estimate of drug-likeness (QED) is 0.583. The number of halogens is 3. The molecule has 0 saturated heterocycles. The number of hydrogen-bond acceptors (Lipinski definition) is 3. The maximum atomic E-state index is 13.4. The van der Waals surface area contributed by atoms with Gasteiger partial charge in [-0.15, -0.1) is 0 Å². The van der Waals surface area contributed by atoms with E-state index >= 15 is 0 Å². The first kappa shape index (κ1) is 24.7. The van der Waals surface area contributed by atoms with Crippen LogP contribution in [0.25, 0.3) is 0 Å². The summed E-state index contributed by atoms with van der Waals surface area (Å²) in [4.78, 5) is 0. The first-order valence-corrected chi connectivity index (χ1v) is 9.56. The van der Waals surface area contributed by atoms with E-state index in [0.717, 1.165) is 18.4 Å². The van der Waals surface area contributed by atoms with Gasteiger partial charge in [-0.2, -0.15) is 0 Å². The van der Waals surface area contributed by atoms with Crippen LogP contribution in [0.4, 0.5) is 13.2 Å². The van der Waals surface area contributed by atoms with Crippen LogP contribution in [0.5, 0.6) is 17.2 Å². The Bertz CT molecular complexity index is 822. The molecule has 2 N–H and O–H groups in total. The maximum Gasteiger partial charge on any atom is 0.194 e. The highest BCUT2D eigenvalue weighted by Gasteiger charge is 2.23. The SMILES string of the molecule is CCC(C)(C)c1cc(F)c(O)c(F)c1.CCC(C)(C)c1cc(F)c(O)c(OC)c1. The third-order valence-electron chi connectivity index (χ3n) is 5.60. The summed E-state index contributed by atoms with van der Waals surface area (Å²) in [6, 6.07) is 5.41. The zero-order valence-corrected chi connectivity index (χ0v) is 18.2. The molecule has 2 aromatic rings. The van der Waals surface area contributed by atoms with Crippen molar-refractivity contribution in [2.45, 2.75) is 65.2 Å². The molecule has 0 spiro atoms. The minimum atomic E-state index is -0.902. The van der Waals surface area contributed by atoms with E-state index < -0.39 is 29.0 Å². The molecule has 6 heteroatoms. The van der Waals surface area contributed by atoms with Crippen molar-refractivity contribution in [2.75, 3.05) is 7.11 Å². The van der Waals surface area contributed by atoms with Crippen LogP contribution >= 0.6 is 0 Å². The van der Waals surface area contributed by atoms with Gasteiger partial charge in [0.15, 0.2) is 34.7 Å². The van der Waals surface area contributed by atoms with Gasteiger partial charge in [-0.25, -0.2) is 13.2 Å². The number of rotatable bonds is 5. The van der Waals surface area contributed by atoms with E-state index in [4.69, 9.17) is 9.84 Å². The Labute approximate surface area is 171 Å². The monoisotopic (exact) mass is 412 g/mol. The second kappa shape index (κ2) is 9.42. The molecule has 0 aromatic heterocycles. The summed E-state index contributed by atoms with van der Waals surface area (Å²) in [6.45, 7) is 11.8. The molecule has 0 atom stereocenters. The fourth-order valence-electron chi connectivity index (χ4n) is 2.48. The fourth-order valence-corrected chi connectivity index (χ4v) is 2.48. The standard InChI is InChI=1S/C12H17FO2.C11H14F2O/c1-5-12(2,3)8-6-9(13)11(14)10(7-8)15-4;1-4-11(2,3)7-5-8(12)10(14)9(13)6-7/h6-7,14H,5H2,1-4H3;5-6,14H,4H2,1-3H3. The molecule has 2 rings (SSSR count). The van der Waals surface area contributed by atoms with E-state index in [1.165, 1.54) is 25.3 Å². The lowest BCUT2D eigenvalue weighted by Crippen LogP contribution is -2.16. The fraction of sp³-hybridized carbons (Fsp3) is 0.478. The molecule has 0 bridgehead atoms. The molecule has 0 aliphatic heterocycles. The van der Waals surface area contributed by atoms with E-state index in [-0.39, 0.29) is 16.6 Å². The summed E-state index contributed by atoms with van der Waals surface area (Å²) in [7, 11) is 1.41. The van der Waals surface area contributed by atoms with Crippen LogP contribution in [-0.2, 0) is 10.8 Å². The Morgan fingerprint density at radius 2 is 1.07 bits per heavy atom. The predicted octanol–water partition coefficient (Wildman–Crippen LogP) is 6.59. The number of phenols is 2. The molecule has 0 unspecified atom stereocenters. The van der Waals surface area contributed by atoms with Crippen LogP contribution in [0, 0.1) is 17.5 Å². The zero-order valence-electron chi connectivity index (χ0n) is 18.2. The van der Waals surface area contributed by atoms with Gasteiger partial charge in [-0.3, -0.25) is 0 Å².